The van der Waals surface area contributed by atoms with Crippen LogP contribution >= 0.6 is 11.6 Å². The third-order valence-electron chi connectivity index (χ3n) is 2.22. The van der Waals surface area contributed by atoms with Crippen LogP contribution in [0.5, 0.6) is 0 Å². The summed E-state index contributed by atoms with van der Waals surface area (Å²) in [5, 5.41) is 20.9. The van der Waals surface area contributed by atoms with Gasteiger partial charge in [0, 0.05) is 0 Å². The summed E-state index contributed by atoms with van der Waals surface area (Å²) in [6, 6.07) is 6.23. The van der Waals surface area contributed by atoms with Crippen molar-refractivity contribution in [3.63, 3.8) is 0 Å². The van der Waals surface area contributed by atoms with Gasteiger partial charge >= 0.3 is 5.97 Å². The number of carbonyl (C=O) groups is 1. The van der Waals surface area contributed by atoms with Crippen LogP contribution in [0.15, 0.2) is 17.2 Å². The van der Waals surface area contributed by atoms with Gasteiger partial charge in [0.05, 0.1) is 23.4 Å². The average Bonchev–Trinajstić information content (AvgIpc) is 2.42. The number of rotatable bonds is 3. The maximum Gasteiger partial charge on any atom is 0.339 e. The van der Waals surface area contributed by atoms with Crippen molar-refractivity contribution in [2.45, 2.75) is 6.92 Å². The van der Waals surface area contributed by atoms with E-state index in [1.165, 1.54) is 19.2 Å². The number of anilines is 1. The van der Waals surface area contributed by atoms with E-state index in [1.807, 2.05) is 0 Å². The fourth-order valence-electron chi connectivity index (χ4n) is 1.26. The number of hydrogen-bond donors (Lipinski definition) is 1. The van der Waals surface area contributed by atoms with Gasteiger partial charge in [0.15, 0.2) is 0 Å². The van der Waals surface area contributed by atoms with Crippen molar-refractivity contribution in [2.24, 2.45) is 5.10 Å². The molecule has 0 saturated carbocycles. The van der Waals surface area contributed by atoms with Gasteiger partial charge in [0.25, 0.3) is 0 Å². The molecular formula is C12H9ClN4O2. The number of methoxy groups -OCH3 is 1. The summed E-state index contributed by atoms with van der Waals surface area (Å²) in [5.74, 6) is -0.544. The Labute approximate surface area is 114 Å². The lowest BCUT2D eigenvalue weighted by Crippen LogP contribution is -2.04. The summed E-state index contributed by atoms with van der Waals surface area (Å²) in [6.07, 6.45) is 0. The van der Waals surface area contributed by atoms with Crippen LogP contribution < -0.4 is 5.43 Å². The molecule has 0 aromatic heterocycles. The molecule has 19 heavy (non-hydrogen) atoms. The van der Waals surface area contributed by atoms with E-state index in [9.17, 15) is 4.79 Å². The average molecular weight is 277 g/mol. The van der Waals surface area contributed by atoms with E-state index in [1.54, 1.807) is 19.1 Å². The van der Waals surface area contributed by atoms with Gasteiger partial charge in [-0.3, -0.25) is 5.43 Å². The lowest BCUT2D eigenvalue weighted by molar-refractivity contribution is 0.0601. The molecule has 0 spiro atoms. The molecule has 0 bridgehead atoms. The second kappa shape index (κ2) is 6.39. The van der Waals surface area contributed by atoms with Crippen molar-refractivity contribution in [1.29, 1.82) is 10.5 Å². The molecular weight excluding hydrogens is 268 g/mol. The van der Waals surface area contributed by atoms with Gasteiger partial charge in [-0.2, -0.15) is 15.6 Å². The molecule has 96 valence electrons. The monoisotopic (exact) mass is 276 g/mol. The van der Waals surface area contributed by atoms with E-state index in [0.29, 0.717) is 11.3 Å². The van der Waals surface area contributed by atoms with Gasteiger partial charge < -0.3 is 4.74 Å². The normalized spacial score (nSPS) is 8.89. The first-order chi connectivity index (χ1) is 9.03. The Hall–Kier alpha value is -2.57. The molecule has 0 amide bonds. The molecule has 1 aromatic carbocycles. The molecule has 0 heterocycles. The zero-order chi connectivity index (χ0) is 14.4. The van der Waals surface area contributed by atoms with E-state index >= 15 is 0 Å². The zero-order valence-corrected chi connectivity index (χ0v) is 10.9. The number of nitrogens with one attached hydrogen (secondary N) is 1. The number of carbonyl (C=O) groups excluding carboxylic acids is 1. The first-order valence-electron chi connectivity index (χ1n) is 5.05. The second-order valence-electron chi connectivity index (χ2n) is 3.43. The van der Waals surface area contributed by atoms with Crippen LogP contribution in [0.25, 0.3) is 0 Å². The summed E-state index contributed by atoms with van der Waals surface area (Å²) in [6.45, 7) is 1.72. The Morgan fingerprint density at radius 2 is 2.05 bits per heavy atom. The number of nitrogens with zero attached hydrogens (tertiary/aromatic N) is 3. The van der Waals surface area contributed by atoms with E-state index in [4.69, 9.17) is 22.1 Å². The van der Waals surface area contributed by atoms with Crippen LogP contribution in [0.2, 0.25) is 5.02 Å². The summed E-state index contributed by atoms with van der Waals surface area (Å²) >= 11 is 5.94. The van der Waals surface area contributed by atoms with Crippen LogP contribution in [0.3, 0.4) is 0 Å². The van der Waals surface area contributed by atoms with Crippen LogP contribution in [0.4, 0.5) is 5.69 Å². The van der Waals surface area contributed by atoms with Gasteiger partial charge in [-0.25, -0.2) is 4.79 Å². The SMILES string of the molecule is COC(=O)c1cc(C)c(NN=C(C#N)C#N)cc1Cl. The number of ether oxygens (including phenoxy) is 1. The largest absolute Gasteiger partial charge is 0.465 e. The quantitative estimate of drug-likeness (QED) is 0.518. The van der Waals surface area contributed by atoms with Crippen LogP contribution in [0.1, 0.15) is 15.9 Å². The van der Waals surface area contributed by atoms with E-state index in [2.05, 4.69) is 15.3 Å². The highest BCUT2D eigenvalue weighted by atomic mass is 35.5. The maximum absolute atomic E-state index is 11.4. The first kappa shape index (κ1) is 14.5. The number of hydrogen-bond acceptors (Lipinski definition) is 6. The van der Waals surface area contributed by atoms with Crippen molar-refractivity contribution in [2.75, 3.05) is 12.5 Å². The molecule has 0 saturated heterocycles. The Bertz CT molecular complexity index is 610. The number of benzene rings is 1. The van der Waals surface area contributed by atoms with Crippen molar-refractivity contribution < 1.29 is 9.53 Å². The maximum atomic E-state index is 11.4. The number of halogens is 1. The fourth-order valence-corrected chi connectivity index (χ4v) is 1.50. The summed E-state index contributed by atoms with van der Waals surface area (Å²) < 4.78 is 4.59. The van der Waals surface area contributed by atoms with E-state index in [-0.39, 0.29) is 16.3 Å². The van der Waals surface area contributed by atoms with Crippen molar-refractivity contribution >= 4 is 29.0 Å². The summed E-state index contributed by atoms with van der Waals surface area (Å²) in [4.78, 5) is 11.4. The molecule has 1 aromatic rings. The van der Waals surface area contributed by atoms with E-state index in [0.717, 1.165) is 0 Å². The minimum Gasteiger partial charge on any atom is -0.465 e. The number of esters is 1. The zero-order valence-electron chi connectivity index (χ0n) is 10.2. The predicted molar refractivity (Wildman–Crippen MR) is 69.8 cm³/mol. The fraction of sp³-hybridized carbons (Fsp3) is 0.167. The third-order valence-corrected chi connectivity index (χ3v) is 2.53. The molecule has 1 rings (SSSR count). The highest BCUT2D eigenvalue weighted by molar-refractivity contribution is 6.34. The highest BCUT2D eigenvalue weighted by Gasteiger charge is 2.13. The lowest BCUT2D eigenvalue weighted by atomic mass is 10.1. The summed E-state index contributed by atoms with van der Waals surface area (Å²) in [5.41, 5.74) is 3.62. The lowest BCUT2D eigenvalue weighted by Gasteiger charge is -2.09. The molecule has 6 nitrogen and oxygen atoms in total. The standard InChI is InChI=1S/C12H9ClN4O2/c1-7-3-9(12(18)19-2)10(13)4-11(7)17-16-8(5-14)6-15/h3-4,17H,1-2H3. The minimum absolute atomic E-state index is 0.186. The van der Waals surface area contributed by atoms with Gasteiger partial charge in [-0.05, 0) is 24.6 Å². The van der Waals surface area contributed by atoms with Gasteiger partial charge in [-0.15, -0.1) is 0 Å². The third kappa shape index (κ3) is 3.44. The highest BCUT2D eigenvalue weighted by Crippen LogP contribution is 2.25. The number of hydrazone groups is 1. The number of aryl methyl sites for hydroxylation is 1. The van der Waals surface area contributed by atoms with Crippen LogP contribution in [0, 0.1) is 29.6 Å². The van der Waals surface area contributed by atoms with Crippen molar-refractivity contribution in [1.82, 2.24) is 0 Å². The summed E-state index contributed by atoms with van der Waals surface area (Å²) in [7, 11) is 1.26. The van der Waals surface area contributed by atoms with Crippen LogP contribution in [-0.2, 0) is 4.74 Å². The van der Waals surface area contributed by atoms with Gasteiger partial charge in [-0.1, -0.05) is 11.6 Å². The second-order valence-corrected chi connectivity index (χ2v) is 3.84. The van der Waals surface area contributed by atoms with Gasteiger partial charge in [0.1, 0.15) is 12.1 Å². The minimum atomic E-state index is -0.544. The first-order valence-corrected chi connectivity index (χ1v) is 5.43. The Balaban J connectivity index is 3.11. The Morgan fingerprint density at radius 1 is 1.42 bits per heavy atom. The Kier molecular flexibility index (Phi) is 4.87. The predicted octanol–water partition coefficient (Wildman–Crippen LogP) is 2.25. The molecule has 0 radical (unpaired) electrons. The van der Waals surface area contributed by atoms with Crippen LogP contribution in [-0.4, -0.2) is 18.8 Å². The molecule has 0 atom stereocenters. The molecule has 0 unspecified atom stereocenters. The molecule has 0 aliphatic heterocycles. The molecule has 0 aliphatic carbocycles. The smallest absolute Gasteiger partial charge is 0.339 e. The molecule has 7 heteroatoms. The Morgan fingerprint density at radius 3 is 2.58 bits per heavy atom. The van der Waals surface area contributed by atoms with Gasteiger partial charge in [0.2, 0.25) is 5.71 Å². The topological polar surface area (TPSA) is 98.3 Å². The van der Waals surface area contributed by atoms with E-state index < -0.39 is 5.97 Å². The molecule has 0 fully saturated rings. The number of nitriles is 2. The van der Waals surface area contributed by atoms with Crippen molar-refractivity contribution in [3.8, 4) is 12.1 Å². The van der Waals surface area contributed by atoms with Crippen molar-refractivity contribution in [3.05, 3.63) is 28.3 Å². The molecule has 1 N–H and O–H groups in total. The molecule has 0 aliphatic rings.